The smallest absolute Gasteiger partial charge is 0.244 e. The molecule has 1 amide bonds. The Morgan fingerprint density at radius 2 is 1.78 bits per heavy atom. The van der Waals surface area contributed by atoms with E-state index in [1.807, 2.05) is 6.92 Å². The summed E-state index contributed by atoms with van der Waals surface area (Å²) in [6.07, 6.45) is 0.700. The molecule has 1 aromatic carbocycles. The van der Waals surface area contributed by atoms with Crippen molar-refractivity contribution in [2.24, 2.45) is 11.8 Å². The average molecular weight is 346 g/mol. The zero-order valence-corrected chi connectivity index (χ0v) is 14.2. The molecule has 8 heteroatoms. The van der Waals surface area contributed by atoms with Crippen LogP contribution in [0.4, 0.5) is 14.5 Å². The first kappa shape index (κ1) is 17.8. The van der Waals surface area contributed by atoms with Crippen molar-refractivity contribution in [3.05, 3.63) is 23.8 Å². The summed E-state index contributed by atoms with van der Waals surface area (Å²) in [4.78, 5) is 11.2. The van der Waals surface area contributed by atoms with E-state index in [1.54, 1.807) is 20.8 Å². The molecule has 2 N–H and O–H groups in total. The van der Waals surface area contributed by atoms with Gasteiger partial charge in [0.2, 0.25) is 15.9 Å². The van der Waals surface area contributed by atoms with Crippen LogP contribution in [0.3, 0.4) is 0 Å². The molecule has 0 radical (unpaired) electrons. The molecule has 1 aromatic rings. The van der Waals surface area contributed by atoms with E-state index < -0.39 is 38.0 Å². The van der Waals surface area contributed by atoms with E-state index in [2.05, 4.69) is 10.0 Å². The number of hydrogen-bond donors (Lipinski definition) is 2. The van der Waals surface area contributed by atoms with Gasteiger partial charge in [0.15, 0.2) is 0 Å². The molecule has 0 spiro atoms. The Hall–Kier alpha value is -1.54. The Kier molecular flexibility index (Phi) is 4.51. The second-order valence-electron chi connectivity index (χ2n) is 6.93. The van der Waals surface area contributed by atoms with Crippen LogP contribution in [0.1, 0.15) is 34.1 Å². The number of anilines is 1. The predicted molar refractivity (Wildman–Crippen MR) is 82.3 cm³/mol. The number of amides is 1. The minimum atomic E-state index is -4.18. The zero-order valence-electron chi connectivity index (χ0n) is 13.4. The van der Waals surface area contributed by atoms with E-state index in [0.717, 1.165) is 6.07 Å². The highest BCUT2D eigenvalue weighted by molar-refractivity contribution is 7.89. The maximum absolute atomic E-state index is 13.9. The summed E-state index contributed by atoms with van der Waals surface area (Å²) in [5.41, 5.74) is -1.17. The maximum atomic E-state index is 13.9. The van der Waals surface area contributed by atoms with Crippen LogP contribution in [-0.4, -0.2) is 19.9 Å². The van der Waals surface area contributed by atoms with Gasteiger partial charge in [-0.1, -0.05) is 6.92 Å². The van der Waals surface area contributed by atoms with Gasteiger partial charge in [0, 0.05) is 17.5 Å². The van der Waals surface area contributed by atoms with Crippen LogP contribution < -0.4 is 10.0 Å². The number of benzene rings is 1. The molecule has 128 valence electrons. The number of hydrogen-bond acceptors (Lipinski definition) is 3. The van der Waals surface area contributed by atoms with E-state index in [4.69, 9.17) is 0 Å². The summed E-state index contributed by atoms with van der Waals surface area (Å²) < 4.78 is 54.5. The first-order chi connectivity index (χ1) is 10.4. The second-order valence-corrected chi connectivity index (χ2v) is 8.58. The van der Waals surface area contributed by atoms with E-state index in [1.165, 1.54) is 0 Å². The lowest BCUT2D eigenvalue weighted by atomic mass is 10.1. The standard InChI is InChI=1S/C15H20F2N2O3S/c1-8-5-9(8)14(20)18-12-7-13(11(17)6-10(12)16)23(21,22)19-15(2,3)4/h6-9,19H,5H2,1-4H3,(H,18,20)/t8-,9-/m0/s1. The molecule has 2 rings (SSSR count). The molecule has 1 fully saturated rings. The van der Waals surface area contributed by atoms with Gasteiger partial charge < -0.3 is 5.32 Å². The number of carbonyl (C=O) groups is 1. The summed E-state index contributed by atoms with van der Waals surface area (Å²) in [6.45, 7) is 6.68. The molecule has 2 atom stereocenters. The van der Waals surface area contributed by atoms with Crippen molar-refractivity contribution in [1.29, 1.82) is 0 Å². The zero-order chi connectivity index (χ0) is 17.6. The number of sulfonamides is 1. The van der Waals surface area contributed by atoms with Crippen molar-refractivity contribution in [2.75, 3.05) is 5.32 Å². The fourth-order valence-electron chi connectivity index (χ4n) is 2.20. The molecule has 1 aliphatic rings. The number of carbonyl (C=O) groups excluding carboxylic acids is 1. The summed E-state index contributed by atoms with van der Waals surface area (Å²) in [6, 6.07) is 1.27. The Labute approximate surface area is 134 Å². The number of nitrogens with one attached hydrogen (secondary N) is 2. The molecule has 0 unspecified atom stereocenters. The highest BCUT2D eigenvalue weighted by Crippen LogP contribution is 2.38. The van der Waals surface area contributed by atoms with E-state index in [9.17, 15) is 22.0 Å². The van der Waals surface area contributed by atoms with Crippen molar-refractivity contribution in [3.63, 3.8) is 0 Å². The molecule has 1 saturated carbocycles. The molecule has 0 bridgehead atoms. The highest BCUT2D eigenvalue weighted by Gasteiger charge is 2.39. The minimum Gasteiger partial charge on any atom is -0.323 e. The maximum Gasteiger partial charge on any atom is 0.244 e. The Bertz CT molecular complexity index is 742. The SMILES string of the molecule is C[C@H]1C[C@@H]1C(=O)Nc1cc(S(=O)(=O)NC(C)(C)C)c(F)cc1F. The van der Waals surface area contributed by atoms with Gasteiger partial charge in [-0.15, -0.1) is 0 Å². The third-order valence-corrected chi connectivity index (χ3v) is 5.23. The monoisotopic (exact) mass is 346 g/mol. The topological polar surface area (TPSA) is 75.3 Å². The van der Waals surface area contributed by atoms with E-state index >= 15 is 0 Å². The van der Waals surface area contributed by atoms with Crippen LogP contribution >= 0.6 is 0 Å². The van der Waals surface area contributed by atoms with Crippen molar-refractivity contribution in [2.45, 2.75) is 44.6 Å². The molecule has 0 saturated heterocycles. The normalized spacial score (nSPS) is 21.1. The first-order valence-corrected chi connectivity index (χ1v) is 8.73. The Morgan fingerprint density at radius 1 is 1.22 bits per heavy atom. The third-order valence-electron chi connectivity index (χ3n) is 3.46. The van der Waals surface area contributed by atoms with E-state index in [-0.39, 0.29) is 17.5 Å². The summed E-state index contributed by atoms with van der Waals surface area (Å²) >= 11 is 0. The third kappa shape index (κ3) is 4.26. The molecule has 0 aliphatic heterocycles. The lowest BCUT2D eigenvalue weighted by molar-refractivity contribution is -0.117. The molecule has 5 nitrogen and oxygen atoms in total. The van der Waals surface area contributed by atoms with Crippen molar-refractivity contribution in [3.8, 4) is 0 Å². The Balaban J connectivity index is 2.34. The lowest BCUT2D eigenvalue weighted by Crippen LogP contribution is -2.40. The van der Waals surface area contributed by atoms with Crippen LogP contribution in [0.5, 0.6) is 0 Å². The van der Waals surface area contributed by atoms with Crippen molar-refractivity contribution in [1.82, 2.24) is 4.72 Å². The summed E-state index contributed by atoms with van der Waals surface area (Å²) in [7, 11) is -4.18. The van der Waals surface area contributed by atoms with Gasteiger partial charge in [-0.05, 0) is 39.2 Å². The molecular weight excluding hydrogens is 326 g/mol. The van der Waals surface area contributed by atoms with Crippen LogP contribution in [0.2, 0.25) is 0 Å². The fourth-order valence-corrected chi connectivity index (χ4v) is 3.71. The van der Waals surface area contributed by atoms with Gasteiger partial charge in [0.25, 0.3) is 0 Å². The van der Waals surface area contributed by atoms with Gasteiger partial charge in [0.1, 0.15) is 16.5 Å². The lowest BCUT2D eigenvalue weighted by Gasteiger charge is -2.21. The molecular formula is C15H20F2N2O3S. The van der Waals surface area contributed by atoms with Gasteiger partial charge >= 0.3 is 0 Å². The van der Waals surface area contributed by atoms with E-state index in [0.29, 0.717) is 12.5 Å². The van der Waals surface area contributed by atoms with Crippen molar-refractivity contribution < 1.29 is 22.0 Å². The second kappa shape index (κ2) is 5.83. The molecule has 0 heterocycles. The first-order valence-electron chi connectivity index (χ1n) is 7.24. The van der Waals surface area contributed by atoms with Gasteiger partial charge in [-0.25, -0.2) is 21.9 Å². The van der Waals surface area contributed by atoms with Gasteiger partial charge in [-0.3, -0.25) is 4.79 Å². The Morgan fingerprint density at radius 3 is 2.26 bits per heavy atom. The molecule has 0 aromatic heterocycles. The van der Waals surface area contributed by atoms with Crippen molar-refractivity contribution >= 4 is 21.6 Å². The van der Waals surface area contributed by atoms with Gasteiger partial charge in [0.05, 0.1) is 5.69 Å². The minimum absolute atomic E-state index is 0.212. The van der Waals surface area contributed by atoms with Crippen LogP contribution in [0.25, 0.3) is 0 Å². The van der Waals surface area contributed by atoms with Crippen LogP contribution in [0, 0.1) is 23.5 Å². The molecule has 1 aliphatic carbocycles. The molecule has 23 heavy (non-hydrogen) atoms. The highest BCUT2D eigenvalue weighted by atomic mass is 32.2. The largest absolute Gasteiger partial charge is 0.323 e. The van der Waals surface area contributed by atoms with Crippen LogP contribution in [0.15, 0.2) is 17.0 Å². The van der Waals surface area contributed by atoms with Gasteiger partial charge in [-0.2, -0.15) is 0 Å². The predicted octanol–water partition coefficient (Wildman–Crippen LogP) is 2.64. The summed E-state index contributed by atoms with van der Waals surface area (Å²) in [5, 5.41) is 2.33. The average Bonchev–Trinajstić information content (AvgIpc) is 3.06. The fraction of sp³-hybridized carbons (Fsp3) is 0.533. The number of halogens is 2. The summed E-state index contributed by atoms with van der Waals surface area (Å²) in [5.74, 6) is -2.62. The van der Waals surface area contributed by atoms with Crippen LogP contribution in [-0.2, 0) is 14.8 Å². The number of rotatable bonds is 4. The quantitative estimate of drug-likeness (QED) is 0.880.